The van der Waals surface area contributed by atoms with E-state index in [4.69, 9.17) is 0 Å². The van der Waals surface area contributed by atoms with Gasteiger partial charge in [0.05, 0.1) is 10.6 Å². The van der Waals surface area contributed by atoms with Crippen molar-refractivity contribution < 1.29 is 4.79 Å². The Bertz CT molecular complexity index is 1070. The molecule has 3 heterocycles. The Morgan fingerprint density at radius 2 is 2.14 bits per heavy atom. The van der Waals surface area contributed by atoms with E-state index < -0.39 is 0 Å². The standard InChI is InChI=1S/C20H21N5OS2/c1-2-25-19(17-8-5-11-27-17)23-24-20(25)28-13-18(26)21-10-9-14-12-22-16-7-4-3-6-15(14)16/h3-8,11-12,22H,2,9-10,13H2,1H3,(H,21,26). The molecule has 0 saturated heterocycles. The zero-order valence-electron chi connectivity index (χ0n) is 15.5. The highest BCUT2D eigenvalue weighted by atomic mass is 32.2. The number of fused-ring (bicyclic) bond motifs is 1. The molecule has 144 valence electrons. The molecule has 0 saturated carbocycles. The van der Waals surface area contributed by atoms with Gasteiger partial charge in [-0.15, -0.1) is 21.5 Å². The number of rotatable bonds is 8. The van der Waals surface area contributed by atoms with Gasteiger partial charge in [-0.3, -0.25) is 4.79 Å². The Labute approximate surface area is 171 Å². The summed E-state index contributed by atoms with van der Waals surface area (Å²) in [6.45, 7) is 3.44. The van der Waals surface area contributed by atoms with Crippen molar-refractivity contribution in [1.82, 2.24) is 25.1 Å². The SMILES string of the molecule is CCn1c(SCC(=O)NCCc2c[nH]c3ccccc23)nnc1-c1cccs1. The van der Waals surface area contributed by atoms with E-state index >= 15 is 0 Å². The number of H-pyrrole nitrogens is 1. The number of thiophene rings is 1. The van der Waals surface area contributed by atoms with E-state index in [-0.39, 0.29) is 5.91 Å². The van der Waals surface area contributed by atoms with Crippen molar-refractivity contribution in [2.75, 3.05) is 12.3 Å². The van der Waals surface area contributed by atoms with Crippen molar-refractivity contribution in [2.45, 2.75) is 25.0 Å². The molecule has 0 atom stereocenters. The zero-order valence-corrected chi connectivity index (χ0v) is 17.1. The van der Waals surface area contributed by atoms with E-state index in [0.29, 0.717) is 12.3 Å². The molecule has 0 aliphatic carbocycles. The van der Waals surface area contributed by atoms with Gasteiger partial charge in [0.25, 0.3) is 0 Å². The number of benzene rings is 1. The number of aromatic amines is 1. The molecule has 0 spiro atoms. The first kappa shape index (κ1) is 18.8. The van der Waals surface area contributed by atoms with Crippen molar-refractivity contribution in [1.29, 1.82) is 0 Å². The van der Waals surface area contributed by atoms with Crippen LogP contribution in [0.15, 0.2) is 53.1 Å². The third kappa shape index (κ3) is 3.98. The van der Waals surface area contributed by atoms with Crippen LogP contribution in [0.4, 0.5) is 0 Å². The van der Waals surface area contributed by atoms with E-state index in [1.807, 2.05) is 35.8 Å². The minimum atomic E-state index is 0.00756. The van der Waals surface area contributed by atoms with Crippen molar-refractivity contribution in [3.63, 3.8) is 0 Å². The first-order chi connectivity index (χ1) is 13.8. The molecule has 4 aromatic rings. The molecule has 0 bridgehead atoms. The van der Waals surface area contributed by atoms with Gasteiger partial charge in [-0.2, -0.15) is 0 Å². The molecule has 8 heteroatoms. The molecule has 3 aromatic heterocycles. The van der Waals surface area contributed by atoms with Crippen LogP contribution in [0.25, 0.3) is 21.6 Å². The largest absolute Gasteiger partial charge is 0.361 e. The fraction of sp³-hybridized carbons (Fsp3) is 0.250. The fourth-order valence-electron chi connectivity index (χ4n) is 3.12. The second-order valence-electron chi connectivity index (χ2n) is 6.28. The summed E-state index contributed by atoms with van der Waals surface area (Å²) in [7, 11) is 0. The molecule has 2 N–H and O–H groups in total. The number of para-hydroxylation sites is 1. The molecule has 0 unspecified atom stereocenters. The summed E-state index contributed by atoms with van der Waals surface area (Å²) in [4.78, 5) is 16.6. The first-order valence-electron chi connectivity index (χ1n) is 9.18. The summed E-state index contributed by atoms with van der Waals surface area (Å²) in [6.07, 6.45) is 2.81. The van der Waals surface area contributed by atoms with E-state index in [0.717, 1.165) is 34.3 Å². The smallest absolute Gasteiger partial charge is 0.230 e. The summed E-state index contributed by atoms with van der Waals surface area (Å²) in [5.41, 5.74) is 2.34. The number of nitrogens with zero attached hydrogens (tertiary/aromatic N) is 3. The summed E-state index contributed by atoms with van der Waals surface area (Å²) in [5, 5.41) is 15.6. The van der Waals surface area contributed by atoms with E-state index in [1.54, 1.807) is 11.3 Å². The Balaban J connectivity index is 1.30. The van der Waals surface area contributed by atoms with Crippen LogP contribution in [0.5, 0.6) is 0 Å². The molecule has 0 fully saturated rings. The Morgan fingerprint density at radius 1 is 1.25 bits per heavy atom. The maximum atomic E-state index is 12.2. The molecule has 4 rings (SSSR count). The summed E-state index contributed by atoms with van der Waals surface area (Å²) >= 11 is 3.06. The summed E-state index contributed by atoms with van der Waals surface area (Å²) in [5.74, 6) is 1.20. The quantitative estimate of drug-likeness (QED) is 0.430. The van der Waals surface area contributed by atoms with Crippen LogP contribution >= 0.6 is 23.1 Å². The summed E-state index contributed by atoms with van der Waals surface area (Å²) in [6, 6.07) is 12.2. The maximum absolute atomic E-state index is 12.2. The number of hydrogen-bond acceptors (Lipinski definition) is 5. The van der Waals surface area contributed by atoms with Gasteiger partial charge in [0.2, 0.25) is 5.91 Å². The van der Waals surface area contributed by atoms with Gasteiger partial charge < -0.3 is 14.9 Å². The fourth-order valence-corrected chi connectivity index (χ4v) is 4.67. The van der Waals surface area contributed by atoms with Crippen molar-refractivity contribution in [3.05, 3.63) is 53.5 Å². The number of carbonyl (C=O) groups excluding carboxylic acids is 1. The average Bonchev–Trinajstić information content (AvgIpc) is 3.45. The number of carbonyl (C=O) groups is 1. The molecule has 28 heavy (non-hydrogen) atoms. The minimum Gasteiger partial charge on any atom is -0.361 e. The van der Waals surface area contributed by atoms with Gasteiger partial charge in [0, 0.05) is 30.2 Å². The third-order valence-corrected chi connectivity index (χ3v) is 6.33. The van der Waals surface area contributed by atoms with E-state index in [1.165, 1.54) is 22.7 Å². The zero-order chi connectivity index (χ0) is 19.3. The second-order valence-corrected chi connectivity index (χ2v) is 8.17. The van der Waals surface area contributed by atoms with Gasteiger partial charge in [-0.05, 0) is 36.4 Å². The second kappa shape index (κ2) is 8.62. The topological polar surface area (TPSA) is 75.6 Å². The third-order valence-electron chi connectivity index (χ3n) is 4.50. The van der Waals surface area contributed by atoms with Crippen LogP contribution in [0.1, 0.15) is 12.5 Å². The lowest BCUT2D eigenvalue weighted by molar-refractivity contribution is -0.118. The monoisotopic (exact) mass is 411 g/mol. The Morgan fingerprint density at radius 3 is 2.96 bits per heavy atom. The Kier molecular flexibility index (Phi) is 5.78. The highest BCUT2D eigenvalue weighted by Crippen LogP contribution is 2.27. The summed E-state index contributed by atoms with van der Waals surface area (Å²) < 4.78 is 2.05. The molecule has 6 nitrogen and oxygen atoms in total. The lowest BCUT2D eigenvalue weighted by Gasteiger charge is -2.07. The number of hydrogen-bond donors (Lipinski definition) is 2. The molecule has 0 aliphatic heterocycles. The van der Waals surface area contributed by atoms with Crippen LogP contribution in [-0.4, -0.2) is 38.0 Å². The van der Waals surface area contributed by atoms with Gasteiger partial charge >= 0.3 is 0 Å². The van der Waals surface area contributed by atoms with Gasteiger partial charge in [0.15, 0.2) is 11.0 Å². The molecule has 1 aromatic carbocycles. The van der Waals surface area contributed by atoms with E-state index in [2.05, 4.69) is 44.1 Å². The van der Waals surface area contributed by atoms with Crippen LogP contribution in [0.3, 0.4) is 0 Å². The normalized spacial score (nSPS) is 11.2. The predicted octanol–water partition coefficient (Wildman–Crippen LogP) is 3.96. The molecular formula is C20H21N5OS2. The van der Waals surface area contributed by atoms with Crippen LogP contribution in [-0.2, 0) is 17.8 Å². The highest BCUT2D eigenvalue weighted by molar-refractivity contribution is 7.99. The predicted molar refractivity (Wildman–Crippen MR) is 115 cm³/mol. The number of thioether (sulfide) groups is 1. The van der Waals surface area contributed by atoms with Crippen molar-refractivity contribution in [2.24, 2.45) is 0 Å². The number of aromatic nitrogens is 4. The van der Waals surface area contributed by atoms with E-state index in [9.17, 15) is 4.79 Å². The Hall–Kier alpha value is -2.58. The lowest BCUT2D eigenvalue weighted by atomic mass is 10.1. The van der Waals surface area contributed by atoms with Crippen molar-refractivity contribution >= 4 is 39.9 Å². The number of amides is 1. The maximum Gasteiger partial charge on any atom is 0.230 e. The van der Waals surface area contributed by atoms with Crippen LogP contribution < -0.4 is 5.32 Å². The first-order valence-corrected chi connectivity index (χ1v) is 11.0. The molecular weight excluding hydrogens is 390 g/mol. The van der Waals surface area contributed by atoms with Gasteiger partial charge in [-0.1, -0.05) is 36.0 Å². The van der Waals surface area contributed by atoms with Gasteiger partial charge in [-0.25, -0.2) is 0 Å². The van der Waals surface area contributed by atoms with Crippen LogP contribution in [0, 0.1) is 0 Å². The molecule has 0 radical (unpaired) electrons. The highest BCUT2D eigenvalue weighted by Gasteiger charge is 2.15. The molecule has 0 aliphatic rings. The lowest BCUT2D eigenvalue weighted by Crippen LogP contribution is -2.27. The van der Waals surface area contributed by atoms with Gasteiger partial charge in [0.1, 0.15) is 0 Å². The average molecular weight is 412 g/mol. The van der Waals surface area contributed by atoms with Crippen molar-refractivity contribution in [3.8, 4) is 10.7 Å². The molecule has 1 amide bonds. The minimum absolute atomic E-state index is 0.00756. The van der Waals surface area contributed by atoms with Crippen LogP contribution in [0.2, 0.25) is 0 Å². The number of nitrogens with one attached hydrogen (secondary N) is 2.